The number of carboxylic acids is 1. The summed E-state index contributed by atoms with van der Waals surface area (Å²) in [6.45, 7) is 4.19. The van der Waals surface area contributed by atoms with Gasteiger partial charge in [0.25, 0.3) is 11.8 Å². The maximum Gasteiger partial charge on any atom is 0.335 e. The smallest absolute Gasteiger partial charge is 0.335 e. The molecule has 0 atom stereocenters. The van der Waals surface area contributed by atoms with Crippen molar-refractivity contribution in [1.82, 2.24) is 5.32 Å². The van der Waals surface area contributed by atoms with Crippen LogP contribution in [0.5, 0.6) is 0 Å². The topological polar surface area (TPSA) is 125 Å². The van der Waals surface area contributed by atoms with E-state index in [1.165, 1.54) is 30.0 Å². The van der Waals surface area contributed by atoms with Crippen molar-refractivity contribution in [1.29, 1.82) is 0 Å². The Hall–Kier alpha value is -4.86. The average Bonchev–Trinajstić information content (AvgIpc) is 3.01. The molecule has 44 heavy (non-hydrogen) atoms. The number of hydrogen-bond donors (Lipinski definition) is 4. The number of rotatable bonds is 11. The molecule has 0 bridgehead atoms. The molecule has 0 heterocycles. The first kappa shape index (κ1) is 32.1. The second kappa shape index (κ2) is 15.0. The molecule has 0 spiro atoms. The minimum atomic E-state index is -1.13. The Balaban J connectivity index is 1.46. The second-order valence-electron chi connectivity index (χ2n) is 10.0. The number of thioether (sulfide) groups is 1. The van der Waals surface area contributed by atoms with Crippen LogP contribution < -0.4 is 16.0 Å². The van der Waals surface area contributed by atoms with Crippen molar-refractivity contribution in [2.24, 2.45) is 0 Å². The van der Waals surface area contributed by atoms with Crippen LogP contribution >= 0.6 is 23.4 Å². The van der Waals surface area contributed by atoms with Gasteiger partial charge in [0.1, 0.15) is 5.70 Å². The fraction of sp³-hybridized carbons (Fsp3) is 0.118. The molecule has 10 heteroatoms. The Morgan fingerprint density at radius 2 is 1.57 bits per heavy atom. The number of benzene rings is 4. The van der Waals surface area contributed by atoms with Gasteiger partial charge in [0.15, 0.2) is 0 Å². The van der Waals surface area contributed by atoms with Gasteiger partial charge < -0.3 is 21.1 Å². The molecule has 0 unspecified atom stereocenters. The molecule has 0 saturated heterocycles. The third-order valence-electron chi connectivity index (χ3n) is 6.39. The van der Waals surface area contributed by atoms with E-state index in [2.05, 4.69) is 29.8 Å². The molecule has 4 N–H and O–H groups in total. The molecule has 8 nitrogen and oxygen atoms in total. The van der Waals surface area contributed by atoms with E-state index in [4.69, 9.17) is 11.6 Å². The minimum absolute atomic E-state index is 0.00162. The van der Waals surface area contributed by atoms with Crippen molar-refractivity contribution in [3.05, 3.63) is 130 Å². The normalized spacial score (nSPS) is 11.1. The summed E-state index contributed by atoms with van der Waals surface area (Å²) >= 11 is 7.33. The third-order valence-corrected chi connectivity index (χ3v) is 7.72. The maximum absolute atomic E-state index is 13.4. The third kappa shape index (κ3) is 9.07. The number of nitrogens with one attached hydrogen (secondary N) is 3. The van der Waals surface area contributed by atoms with Gasteiger partial charge in [0.05, 0.1) is 22.0 Å². The zero-order chi connectivity index (χ0) is 31.6. The standard InChI is InChI=1S/C34H30ClN3O5S/c1-21(2)23-13-11-22(12-14-23)17-30(38-32(40)24-7-4-3-5-8-24)33(41)36-26-9-6-10-27(19-26)44-20-31(39)37-29-18-25(34(42)43)15-16-28(29)35/h3-19,21H,20H2,1-2H3,(H,36,41)(H,37,39)(H,38,40)(H,42,43)/b30-17+. The molecule has 0 aliphatic heterocycles. The first-order valence-electron chi connectivity index (χ1n) is 13.6. The first-order valence-corrected chi connectivity index (χ1v) is 15.0. The summed E-state index contributed by atoms with van der Waals surface area (Å²) < 4.78 is 0. The minimum Gasteiger partial charge on any atom is -0.478 e. The highest BCUT2D eigenvalue weighted by Gasteiger charge is 2.16. The fourth-order valence-corrected chi connectivity index (χ4v) is 4.96. The van der Waals surface area contributed by atoms with Crippen molar-refractivity contribution in [2.45, 2.75) is 24.7 Å². The van der Waals surface area contributed by atoms with Gasteiger partial charge >= 0.3 is 5.97 Å². The number of hydrogen-bond acceptors (Lipinski definition) is 5. The Morgan fingerprint density at radius 3 is 2.25 bits per heavy atom. The summed E-state index contributed by atoms with van der Waals surface area (Å²) in [6, 6.07) is 27.4. The van der Waals surface area contributed by atoms with Gasteiger partial charge in [0.2, 0.25) is 5.91 Å². The molecule has 0 aliphatic carbocycles. The van der Waals surface area contributed by atoms with Crippen LogP contribution in [0.2, 0.25) is 5.02 Å². The molecule has 4 aromatic carbocycles. The lowest BCUT2D eigenvalue weighted by Gasteiger charge is -2.13. The average molecular weight is 628 g/mol. The van der Waals surface area contributed by atoms with E-state index in [1.807, 2.05) is 24.3 Å². The number of aromatic carboxylic acids is 1. The van der Waals surface area contributed by atoms with Crippen molar-refractivity contribution in [3.8, 4) is 0 Å². The van der Waals surface area contributed by atoms with Crippen molar-refractivity contribution < 1.29 is 24.3 Å². The Labute approximate surface area is 264 Å². The number of carbonyl (C=O) groups is 4. The largest absolute Gasteiger partial charge is 0.478 e. The van der Waals surface area contributed by atoms with Crippen LogP contribution in [0.1, 0.15) is 51.6 Å². The first-order chi connectivity index (χ1) is 21.1. The van der Waals surface area contributed by atoms with E-state index >= 15 is 0 Å². The Morgan fingerprint density at radius 1 is 0.841 bits per heavy atom. The monoisotopic (exact) mass is 627 g/mol. The summed E-state index contributed by atoms with van der Waals surface area (Å²) in [7, 11) is 0. The molecule has 0 saturated carbocycles. The van der Waals surface area contributed by atoms with E-state index in [0.717, 1.165) is 11.1 Å². The van der Waals surface area contributed by atoms with Gasteiger partial charge in [-0.15, -0.1) is 11.8 Å². The van der Waals surface area contributed by atoms with Crippen LogP contribution in [0.4, 0.5) is 11.4 Å². The lowest BCUT2D eigenvalue weighted by molar-refractivity contribution is -0.114. The predicted octanol–water partition coefficient (Wildman–Crippen LogP) is 7.30. The molecule has 0 radical (unpaired) electrons. The van der Waals surface area contributed by atoms with Gasteiger partial charge in [-0.25, -0.2) is 4.79 Å². The SMILES string of the molecule is CC(C)c1ccc(/C=C(/NC(=O)c2ccccc2)C(=O)Nc2cccc(SCC(=O)Nc3cc(C(=O)O)ccc3Cl)c2)cc1. The molecule has 3 amide bonds. The second-order valence-corrected chi connectivity index (χ2v) is 11.5. The number of anilines is 2. The van der Waals surface area contributed by atoms with Gasteiger partial charge in [-0.2, -0.15) is 0 Å². The molecule has 4 aromatic rings. The van der Waals surface area contributed by atoms with Crippen molar-refractivity contribution in [3.63, 3.8) is 0 Å². The van der Waals surface area contributed by atoms with Crippen molar-refractivity contribution >= 4 is 64.5 Å². The zero-order valence-corrected chi connectivity index (χ0v) is 25.5. The summed E-state index contributed by atoms with van der Waals surface area (Å²) in [5.41, 5.74) is 3.05. The van der Waals surface area contributed by atoms with Gasteiger partial charge in [-0.3, -0.25) is 14.4 Å². The van der Waals surface area contributed by atoms with E-state index in [0.29, 0.717) is 22.1 Å². The summed E-state index contributed by atoms with van der Waals surface area (Å²) in [4.78, 5) is 50.9. The highest BCUT2D eigenvalue weighted by atomic mass is 35.5. The Bertz CT molecular complexity index is 1710. The van der Waals surface area contributed by atoms with Gasteiger partial charge in [-0.1, -0.05) is 74.0 Å². The molecule has 0 aromatic heterocycles. The molecular weight excluding hydrogens is 598 g/mol. The maximum atomic E-state index is 13.4. The zero-order valence-electron chi connectivity index (χ0n) is 24.0. The van der Waals surface area contributed by atoms with Gasteiger partial charge in [-0.05, 0) is 71.7 Å². The number of carboxylic acid groups (broad SMARTS) is 1. The van der Waals surface area contributed by atoms with Crippen LogP contribution in [0, 0.1) is 0 Å². The number of amides is 3. The quantitative estimate of drug-likeness (QED) is 0.102. The highest BCUT2D eigenvalue weighted by molar-refractivity contribution is 8.00. The van der Waals surface area contributed by atoms with Crippen LogP contribution in [0.15, 0.2) is 108 Å². The van der Waals surface area contributed by atoms with Crippen LogP contribution in [-0.4, -0.2) is 34.6 Å². The summed E-state index contributed by atoms with van der Waals surface area (Å²) in [5, 5.41) is 17.6. The molecule has 0 fully saturated rings. The molecule has 0 aliphatic rings. The van der Waals surface area contributed by atoms with Crippen molar-refractivity contribution in [2.75, 3.05) is 16.4 Å². The van der Waals surface area contributed by atoms with Gasteiger partial charge in [0, 0.05) is 16.1 Å². The predicted molar refractivity (Wildman–Crippen MR) is 175 cm³/mol. The number of carbonyl (C=O) groups excluding carboxylic acids is 3. The van der Waals surface area contributed by atoms with E-state index in [-0.39, 0.29) is 33.6 Å². The van der Waals surface area contributed by atoms with Crippen LogP contribution in [0.25, 0.3) is 6.08 Å². The number of halogens is 1. The van der Waals surface area contributed by atoms with Crippen LogP contribution in [-0.2, 0) is 9.59 Å². The molecular formula is C34H30ClN3O5S. The summed E-state index contributed by atoms with van der Waals surface area (Å²) in [5.74, 6) is -2.09. The van der Waals surface area contributed by atoms with E-state index in [9.17, 15) is 24.3 Å². The highest BCUT2D eigenvalue weighted by Crippen LogP contribution is 2.26. The lowest BCUT2D eigenvalue weighted by Crippen LogP contribution is -2.30. The molecule has 224 valence electrons. The van der Waals surface area contributed by atoms with Crippen LogP contribution in [0.3, 0.4) is 0 Å². The summed E-state index contributed by atoms with van der Waals surface area (Å²) in [6.07, 6.45) is 1.62. The lowest BCUT2D eigenvalue weighted by atomic mass is 10.0. The van der Waals surface area contributed by atoms with E-state index < -0.39 is 17.8 Å². The fourth-order valence-electron chi connectivity index (χ4n) is 4.04. The van der Waals surface area contributed by atoms with E-state index in [1.54, 1.807) is 60.7 Å². The Kier molecular flexibility index (Phi) is 11.0. The molecule has 4 rings (SSSR count).